The molecule has 3 aromatic rings. The maximum absolute atomic E-state index is 13.0. The highest BCUT2D eigenvalue weighted by molar-refractivity contribution is 5.88. The molecule has 0 radical (unpaired) electrons. The van der Waals surface area contributed by atoms with Crippen LogP contribution < -0.4 is 10.2 Å². The van der Waals surface area contributed by atoms with Crippen molar-refractivity contribution in [3.8, 4) is 6.07 Å². The monoisotopic (exact) mass is 427 g/mol. The van der Waals surface area contributed by atoms with Crippen LogP contribution in [-0.2, 0) is 11.2 Å². The van der Waals surface area contributed by atoms with Crippen molar-refractivity contribution < 1.29 is 4.79 Å². The molecule has 32 heavy (non-hydrogen) atoms. The summed E-state index contributed by atoms with van der Waals surface area (Å²) in [6.07, 6.45) is 1.87. The maximum Gasteiger partial charge on any atom is 0.243 e. The Morgan fingerprint density at radius 2 is 1.69 bits per heavy atom. The van der Waals surface area contributed by atoms with E-state index in [4.69, 9.17) is 9.97 Å². The van der Waals surface area contributed by atoms with Gasteiger partial charge in [-0.3, -0.25) is 4.79 Å². The number of nitrogens with zero attached hydrogens (tertiary/aromatic N) is 4. The largest absolute Gasteiger partial charge is 0.355 e. The maximum atomic E-state index is 13.0. The predicted molar refractivity (Wildman–Crippen MR) is 126 cm³/mol. The molecule has 0 aliphatic carbocycles. The SMILES string of the molecule is C[C@@H]1C[C@H](C)CN(c2nc3ccccc3nc2[C@@H](C#N)C(=O)NCCc2ccccc2)C1. The fraction of sp³-hybridized carbons (Fsp3) is 0.385. The molecule has 4 rings (SSSR count). The Kier molecular flexibility index (Phi) is 6.65. The summed E-state index contributed by atoms with van der Waals surface area (Å²) >= 11 is 0. The van der Waals surface area contributed by atoms with E-state index in [-0.39, 0.29) is 5.91 Å². The van der Waals surface area contributed by atoms with Crippen LogP contribution in [0.3, 0.4) is 0 Å². The fourth-order valence-corrected chi connectivity index (χ4v) is 4.59. The first kappa shape index (κ1) is 21.8. The summed E-state index contributed by atoms with van der Waals surface area (Å²) in [4.78, 5) is 24.9. The summed E-state index contributed by atoms with van der Waals surface area (Å²) < 4.78 is 0. The number of anilines is 1. The molecule has 0 bridgehead atoms. The molecule has 1 N–H and O–H groups in total. The van der Waals surface area contributed by atoms with Gasteiger partial charge in [0.05, 0.1) is 17.1 Å². The van der Waals surface area contributed by atoms with E-state index in [0.717, 1.165) is 30.6 Å². The lowest BCUT2D eigenvalue weighted by atomic mass is 9.91. The molecule has 1 aliphatic heterocycles. The number of fused-ring (bicyclic) bond motifs is 1. The molecule has 2 heterocycles. The number of rotatable bonds is 6. The van der Waals surface area contributed by atoms with Gasteiger partial charge in [-0.05, 0) is 42.4 Å². The third-order valence-electron chi connectivity index (χ3n) is 5.97. The molecular formula is C26H29N5O. The van der Waals surface area contributed by atoms with E-state index >= 15 is 0 Å². The minimum absolute atomic E-state index is 0.327. The number of aromatic nitrogens is 2. The van der Waals surface area contributed by atoms with Gasteiger partial charge in [0, 0.05) is 19.6 Å². The van der Waals surface area contributed by atoms with E-state index in [1.807, 2.05) is 54.6 Å². The average Bonchev–Trinajstić information content (AvgIpc) is 2.79. The summed E-state index contributed by atoms with van der Waals surface area (Å²) in [5.41, 5.74) is 3.06. The molecule has 6 nitrogen and oxygen atoms in total. The number of carbonyl (C=O) groups is 1. The lowest BCUT2D eigenvalue weighted by molar-refractivity contribution is -0.121. The molecule has 1 aromatic heterocycles. The van der Waals surface area contributed by atoms with Crippen LogP contribution in [-0.4, -0.2) is 35.5 Å². The standard InChI is InChI=1S/C26H29N5O/c1-18-14-19(2)17-31(16-18)25-24(29-22-10-6-7-11-23(22)30-25)21(15-27)26(32)28-13-12-20-8-4-3-5-9-20/h3-11,18-19,21H,12-14,16-17H2,1-2H3,(H,28,32)/t18-,19+,21-/m1/s1. The van der Waals surface area contributed by atoms with E-state index in [0.29, 0.717) is 41.8 Å². The van der Waals surface area contributed by atoms with Crippen LogP contribution in [0.1, 0.15) is 37.4 Å². The second-order valence-corrected chi connectivity index (χ2v) is 8.86. The van der Waals surface area contributed by atoms with Crippen LogP contribution >= 0.6 is 0 Å². The minimum Gasteiger partial charge on any atom is -0.355 e. The Balaban J connectivity index is 1.62. The zero-order valence-electron chi connectivity index (χ0n) is 18.7. The number of amides is 1. The lowest BCUT2D eigenvalue weighted by Gasteiger charge is -2.36. The number of carbonyl (C=O) groups excluding carboxylic acids is 1. The Morgan fingerprint density at radius 3 is 2.34 bits per heavy atom. The van der Waals surface area contributed by atoms with Gasteiger partial charge in [-0.1, -0.05) is 56.3 Å². The molecule has 0 unspecified atom stereocenters. The van der Waals surface area contributed by atoms with Gasteiger partial charge in [0.25, 0.3) is 0 Å². The molecule has 1 amide bonds. The second kappa shape index (κ2) is 9.78. The number of para-hydroxylation sites is 2. The Morgan fingerprint density at radius 1 is 1.06 bits per heavy atom. The molecule has 3 atom stereocenters. The van der Waals surface area contributed by atoms with E-state index in [1.165, 1.54) is 0 Å². The van der Waals surface area contributed by atoms with Crippen LogP contribution in [0.4, 0.5) is 5.82 Å². The van der Waals surface area contributed by atoms with Gasteiger partial charge in [-0.2, -0.15) is 5.26 Å². The van der Waals surface area contributed by atoms with E-state index in [1.54, 1.807) is 0 Å². The van der Waals surface area contributed by atoms with Crippen LogP contribution in [0.15, 0.2) is 54.6 Å². The minimum atomic E-state index is -1.01. The van der Waals surface area contributed by atoms with Crippen LogP contribution in [0, 0.1) is 23.2 Å². The summed E-state index contributed by atoms with van der Waals surface area (Å²) in [7, 11) is 0. The van der Waals surface area contributed by atoms with Crippen molar-refractivity contribution in [1.29, 1.82) is 5.26 Å². The molecule has 0 spiro atoms. The van der Waals surface area contributed by atoms with E-state index < -0.39 is 5.92 Å². The molecule has 6 heteroatoms. The van der Waals surface area contributed by atoms with Crippen molar-refractivity contribution in [3.05, 3.63) is 65.9 Å². The van der Waals surface area contributed by atoms with Crippen LogP contribution in [0.2, 0.25) is 0 Å². The molecule has 1 aliphatic rings. The quantitative estimate of drug-likeness (QED) is 0.641. The van der Waals surface area contributed by atoms with Crippen molar-refractivity contribution in [3.63, 3.8) is 0 Å². The smallest absolute Gasteiger partial charge is 0.243 e. The highest BCUT2D eigenvalue weighted by atomic mass is 16.1. The zero-order chi connectivity index (χ0) is 22.5. The lowest BCUT2D eigenvalue weighted by Crippen LogP contribution is -2.40. The number of nitriles is 1. The number of hydrogen-bond donors (Lipinski definition) is 1. The summed E-state index contributed by atoms with van der Waals surface area (Å²) in [5, 5.41) is 12.9. The van der Waals surface area contributed by atoms with Gasteiger partial charge < -0.3 is 10.2 Å². The van der Waals surface area contributed by atoms with E-state index in [2.05, 4.69) is 30.1 Å². The topological polar surface area (TPSA) is 81.9 Å². The molecule has 0 saturated carbocycles. The third kappa shape index (κ3) is 4.88. The fourth-order valence-electron chi connectivity index (χ4n) is 4.59. The van der Waals surface area contributed by atoms with Crippen LogP contribution in [0.25, 0.3) is 11.0 Å². The number of piperidine rings is 1. The van der Waals surface area contributed by atoms with Crippen LogP contribution in [0.5, 0.6) is 0 Å². The highest BCUT2D eigenvalue weighted by Crippen LogP contribution is 2.31. The van der Waals surface area contributed by atoms with Crippen molar-refractivity contribution in [2.45, 2.75) is 32.6 Å². The van der Waals surface area contributed by atoms with Gasteiger partial charge in [0.2, 0.25) is 5.91 Å². The van der Waals surface area contributed by atoms with Gasteiger partial charge in [-0.25, -0.2) is 9.97 Å². The molecule has 164 valence electrons. The van der Waals surface area contributed by atoms with E-state index in [9.17, 15) is 10.1 Å². The Hall–Kier alpha value is -3.46. The molecule has 1 saturated heterocycles. The number of nitrogens with one attached hydrogen (secondary N) is 1. The summed E-state index contributed by atoms with van der Waals surface area (Å²) in [6, 6.07) is 19.8. The first-order valence-electron chi connectivity index (χ1n) is 11.3. The summed E-state index contributed by atoms with van der Waals surface area (Å²) in [6.45, 7) is 6.62. The predicted octanol–water partition coefficient (Wildman–Crippen LogP) is 4.08. The van der Waals surface area contributed by atoms with Gasteiger partial charge in [0.1, 0.15) is 5.69 Å². The molecule has 2 aromatic carbocycles. The van der Waals surface area contributed by atoms with Crippen molar-refractivity contribution in [1.82, 2.24) is 15.3 Å². The first-order valence-corrected chi connectivity index (χ1v) is 11.3. The first-order chi connectivity index (χ1) is 15.5. The highest BCUT2D eigenvalue weighted by Gasteiger charge is 2.31. The third-order valence-corrected chi connectivity index (χ3v) is 5.97. The second-order valence-electron chi connectivity index (χ2n) is 8.86. The van der Waals surface area contributed by atoms with Crippen molar-refractivity contribution in [2.24, 2.45) is 11.8 Å². The van der Waals surface area contributed by atoms with Gasteiger partial charge in [-0.15, -0.1) is 0 Å². The number of hydrogen-bond acceptors (Lipinski definition) is 5. The zero-order valence-corrected chi connectivity index (χ0v) is 18.7. The number of benzene rings is 2. The molecule has 1 fully saturated rings. The van der Waals surface area contributed by atoms with Crippen molar-refractivity contribution >= 4 is 22.8 Å². The normalized spacial score (nSPS) is 19.3. The molecular weight excluding hydrogens is 398 g/mol. The average molecular weight is 428 g/mol. The Labute approximate surface area is 189 Å². The van der Waals surface area contributed by atoms with Crippen molar-refractivity contribution in [2.75, 3.05) is 24.5 Å². The van der Waals surface area contributed by atoms with Gasteiger partial charge in [0.15, 0.2) is 11.7 Å². The Bertz CT molecular complexity index is 1110. The van der Waals surface area contributed by atoms with Gasteiger partial charge >= 0.3 is 0 Å². The summed E-state index contributed by atoms with van der Waals surface area (Å²) in [5.74, 6) is 0.352.